The summed E-state index contributed by atoms with van der Waals surface area (Å²) in [6.45, 7) is 0. The van der Waals surface area contributed by atoms with Crippen molar-refractivity contribution in [3.63, 3.8) is 0 Å². The van der Waals surface area contributed by atoms with Crippen LogP contribution < -0.4 is 5.56 Å². The molecule has 0 fully saturated rings. The largest absolute Gasteiger partial charge is 0.366 e. The van der Waals surface area contributed by atoms with Gasteiger partial charge in [0.25, 0.3) is 0 Å². The molecule has 0 amide bonds. The molecule has 3 aromatic rings. The molecule has 2 aromatic heterocycles. The van der Waals surface area contributed by atoms with Gasteiger partial charge in [0, 0.05) is 6.20 Å². The first kappa shape index (κ1) is 15.8. The molecule has 0 aliphatic carbocycles. The van der Waals surface area contributed by atoms with Crippen molar-refractivity contribution in [2.24, 2.45) is 0 Å². The average molecular weight is 368 g/mol. The van der Waals surface area contributed by atoms with E-state index < -0.39 is 16.2 Å². The maximum atomic E-state index is 12.4. The molecule has 0 saturated carbocycles. The Hall–Kier alpha value is -2.09. The van der Waals surface area contributed by atoms with Gasteiger partial charge in [-0.25, -0.2) is 4.98 Å². The van der Waals surface area contributed by atoms with E-state index >= 15 is 0 Å². The van der Waals surface area contributed by atoms with Crippen LogP contribution in [0, 0.1) is 10.1 Å². The second kappa shape index (κ2) is 6.19. The summed E-state index contributed by atoms with van der Waals surface area (Å²) in [4.78, 5) is 27.5. The number of fused-ring (bicyclic) bond motifs is 1. The lowest BCUT2D eigenvalue weighted by molar-refractivity contribution is -0.389. The minimum atomic E-state index is -0.758. The standard InChI is InChI=1S/C14H7Cl2N3O3S/c15-8-4-3-5-9(16)12(8)23-13-11(19(21)22)14(20)18-7-2-1-6-10(18)17-13/h1-7H. The first-order chi connectivity index (χ1) is 11.0. The normalized spacial score (nSPS) is 10.9. The van der Waals surface area contributed by atoms with Crippen molar-refractivity contribution in [3.8, 4) is 0 Å². The summed E-state index contributed by atoms with van der Waals surface area (Å²) in [7, 11) is 0. The van der Waals surface area contributed by atoms with Crippen molar-refractivity contribution in [3.05, 3.63) is 73.1 Å². The Bertz CT molecular complexity index is 970. The van der Waals surface area contributed by atoms with Crippen LogP contribution in [0.15, 0.2) is 57.3 Å². The molecule has 3 rings (SSSR count). The highest BCUT2D eigenvalue weighted by atomic mass is 35.5. The summed E-state index contributed by atoms with van der Waals surface area (Å²) >= 11 is 13.1. The number of pyridine rings is 1. The van der Waals surface area contributed by atoms with Gasteiger partial charge in [-0.2, -0.15) is 0 Å². The van der Waals surface area contributed by atoms with E-state index in [0.717, 1.165) is 16.2 Å². The van der Waals surface area contributed by atoms with Gasteiger partial charge in [0.2, 0.25) is 0 Å². The zero-order chi connectivity index (χ0) is 16.6. The highest BCUT2D eigenvalue weighted by Gasteiger charge is 2.25. The van der Waals surface area contributed by atoms with Crippen LogP contribution in [0.5, 0.6) is 0 Å². The van der Waals surface area contributed by atoms with Crippen molar-refractivity contribution in [2.75, 3.05) is 0 Å². The Morgan fingerprint density at radius 1 is 1.13 bits per heavy atom. The maximum absolute atomic E-state index is 12.4. The van der Waals surface area contributed by atoms with Crippen molar-refractivity contribution < 1.29 is 4.92 Å². The van der Waals surface area contributed by atoms with Gasteiger partial charge >= 0.3 is 11.2 Å². The van der Waals surface area contributed by atoms with Crippen LogP contribution in [-0.4, -0.2) is 14.3 Å². The predicted octanol–water partition coefficient (Wildman–Crippen LogP) is 4.06. The number of aromatic nitrogens is 2. The Labute approximate surface area is 143 Å². The third kappa shape index (κ3) is 2.90. The summed E-state index contributed by atoms with van der Waals surface area (Å²) < 4.78 is 1.12. The first-order valence-electron chi connectivity index (χ1n) is 6.26. The molecule has 0 unspecified atom stereocenters. The predicted molar refractivity (Wildman–Crippen MR) is 88.7 cm³/mol. The van der Waals surface area contributed by atoms with Gasteiger partial charge in [0.05, 0.1) is 19.9 Å². The Morgan fingerprint density at radius 2 is 1.83 bits per heavy atom. The molecule has 0 aliphatic heterocycles. The van der Waals surface area contributed by atoms with E-state index in [-0.39, 0.29) is 5.03 Å². The summed E-state index contributed by atoms with van der Waals surface area (Å²) in [6, 6.07) is 9.74. The SMILES string of the molecule is O=c1c([N+](=O)[O-])c(Sc2c(Cl)cccc2Cl)nc2ccccn12. The van der Waals surface area contributed by atoms with E-state index in [4.69, 9.17) is 23.2 Å². The van der Waals surface area contributed by atoms with E-state index in [0.29, 0.717) is 20.6 Å². The highest BCUT2D eigenvalue weighted by Crippen LogP contribution is 2.40. The van der Waals surface area contributed by atoms with E-state index in [1.165, 1.54) is 6.20 Å². The second-order valence-corrected chi connectivity index (χ2v) is 6.22. The summed E-state index contributed by atoms with van der Waals surface area (Å²) in [5.41, 5.74) is -1.07. The second-order valence-electron chi connectivity index (χ2n) is 4.41. The van der Waals surface area contributed by atoms with Gasteiger partial charge in [-0.05, 0) is 24.3 Å². The number of halogens is 2. The molecule has 1 aromatic carbocycles. The molecule has 0 bridgehead atoms. The number of hydrogen-bond donors (Lipinski definition) is 0. The molecule has 0 N–H and O–H groups in total. The van der Waals surface area contributed by atoms with Crippen LogP contribution in [0.2, 0.25) is 10.0 Å². The summed E-state index contributed by atoms with van der Waals surface area (Å²) in [6.07, 6.45) is 1.43. The van der Waals surface area contributed by atoms with Crippen LogP contribution in [0.25, 0.3) is 5.65 Å². The van der Waals surface area contributed by atoms with Crippen LogP contribution >= 0.6 is 35.0 Å². The number of benzene rings is 1. The quantitative estimate of drug-likeness (QED) is 0.396. The van der Waals surface area contributed by atoms with Gasteiger partial charge in [-0.3, -0.25) is 19.3 Å². The number of nitrogens with zero attached hydrogens (tertiary/aromatic N) is 3. The topological polar surface area (TPSA) is 77.5 Å². The lowest BCUT2D eigenvalue weighted by Gasteiger charge is -2.07. The summed E-state index contributed by atoms with van der Waals surface area (Å²) in [5, 5.41) is 11.9. The molecule has 116 valence electrons. The first-order valence-corrected chi connectivity index (χ1v) is 7.84. The number of rotatable bonds is 3. The summed E-state index contributed by atoms with van der Waals surface area (Å²) in [5.74, 6) is 0. The van der Waals surface area contributed by atoms with Crippen molar-refractivity contribution in [2.45, 2.75) is 9.92 Å². The van der Waals surface area contributed by atoms with E-state index in [1.807, 2.05) is 0 Å². The number of nitro groups is 1. The molecule has 23 heavy (non-hydrogen) atoms. The zero-order valence-corrected chi connectivity index (χ0v) is 13.6. The number of hydrogen-bond acceptors (Lipinski definition) is 5. The van der Waals surface area contributed by atoms with Gasteiger partial charge in [0.1, 0.15) is 5.65 Å². The molecule has 0 spiro atoms. The Morgan fingerprint density at radius 3 is 2.48 bits per heavy atom. The van der Waals surface area contributed by atoms with Crippen LogP contribution in [-0.2, 0) is 0 Å². The van der Waals surface area contributed by atoms with Crippen LogP contribution in [0.3, 0.4) is 0 Å². The minimum Gasteiger partial charge on any atom is -0.262 e. The van der Waals surface area contributed by atoms with Gasteiger partial charge in [-0.1, -0.05) is 47.1 Å². The van der Waals surface area contributed by atoms with Gasteiger partial charge in [-0.15, -0.1) is 0 Å². The smallest absolute Gasteiger partial charge is 0.262 e. The molecule has 0 radical (unpaired) electrons. The Kier molecular flexibility index (Phi) is 4.25. The lowest BCUT2D eigenvalue weighted by atomic mass is 10.4. The molecule has 0 aliphatic rings. The fourth-order valence-corrected chi connectivity index (χ4v) is 3.51. The minimum absolute atomic E-state index is 0.0544. The van der Waals surface area contributed by atoms with Crippen molar-refractivity contribution in [1.29, 1.82) is 0 Å². The van der Waals surface area contributed by atoms with Crippen molar-refractivity contribution >= 4 is 46.3 Å². The fourth-order valence-electron chi connectivity index (χ4n) is 1.96. The maximum Gasteiger partial charge on any atom is 0.366 e. The highest BCUT2D eigenvalue weighted by molar-refractivity contribution is 7.99. The molecule has 0 atom stereocenters. The van der Waals surface area contributed by atoms with E-state index in [9.17, 15) is 14.9 Å². The fraction of sp³-hybridized carbons (Fsp3) is 0. The molecular formula is C14H7Cl2N3O3S. The molecular weight excluding hydrogens is 361 g/mol. The molecule has 6 nitrogen and oxygen atoms in total. The van der Waals surface area contributed by atoms with Gasteiger partial charge < -0.3 is 0 Å². The van der Waals surface area contributed by atoms with E-state index in [2.05, 4.69) is 4.98 Å². The average Bonchev–Trinajstić information content (AvgIpc) is 2.51. The Balaban J connectivity index is 2.26. The van der Waals surface area contributed by atoms with Crippen molar-refractivity contribution in [1.82, 2.24) is 9.38 Å². The third-order valence-electron chi connectivity index (χ3n) is 2.98. The monoisotopic (exact) mass is 367 g/mol. The van der Waals surface area contributed by atoms with Gasteiger partial charge in [0.15, 0.2) is 5.03 Å². The van der Waals surface area contributed by atoms with E-state index in [1.54, 1.807) is 36.4 Å². The van der Waals surface area contributed by atoms with Crippen LogP contribution in [0.4, 0.5) is 5.69 Å². The molecule has 2 heterocycles. The lowest BCUT2D eigenvalue weighted by Crippen LogP contribution is -2.19. The molecule has 0 saturated heterocycles. The zero-order valence-electron chi connectivity index (χ0n) is 11.3. The third-order valence-corrected chi connectivity index (χ3v) is 4.95. The molecule has 9 heteroatoms. The van der Waals surface area contributed by atoms with Crippen LogP contribution in [0.1, 0.15) is 0 Å².